The number of benzene rings is 1. The van der Waals surface area contributed by atoms with Crippen LogP contribution in [-0.2, 0) is 12.7 Å². The molecule has 0 unspecified atom stereocenters. The first-order chi connectivity index (χ1) is 14.6. The lowest BCUT2D eigenvalue weighted by Gasteiger charge is -2.09. The molecular formula is C19H13Cl2F3N6O. The van der Waals surface area contributed by atoms with Crippen molar-refractivity contribution in [2.24, 2.45) is 0 Å². The summed E-state index contributed by atoms with van der Waals surface area (Å²) in [6, 6.07) is 9.55. The molecule has 160 valence electrons. The smallest absolute Gasteiger partial charge is 0.304 e. The van der Waals surface area contributed by atoms with E-state index in [0.717, 1.165) is 11.6 Å². The summed E-state index contributed by atoms with van der Waals surface area (Å²) in [6.45, 7) is 1.83. The van der Waals surface area contributed by atoms with E-state index in [1.165, 1.54) is 6.92 Å². The van der Waals surface area contributed by atoms with Crippen LogP contribution in [0.3, 0.4) is 0 Å². The third-order valence-corrected chi connectivity index (χ3v) is 4.91. The van der Waals surface area contributed by atoms with E-state index in [-0.39, 0.29) is 22.2 Å². The largest absolute Gasteiger partial charge is 0.433 e. The Hall–Kier alpha value is -3.11. The fraction of sp³-hybridized carbons (Fsp3) is 0.158. The molecule has 4 aromatic rings. The fourth-order valence-corrected chi connectivity index (χ4v) is 3.30. The SMILES string of the molecule is Cc1cc(C(F)(F)F)n2nc(C(=O)Nc3ccn(Cc4ccc(Cl)cc4)n3)c(Cl)c2n1. The summed E-state index contributed by atoms with van der Waals surface area (Å²) >= 11 is 12.0. The van der Waals surface area contributed by atoms with Gasteiger partial charge in [-0.25, -0.2) is 9.50 Å². The Morgan fingerprint density at radius 3 is 2.52 bits per heavy atom. The van der Waals surface area contributed by atoms with Gasteiger partial charge in [0.2, 0.25) is 0 Å². The number of rotatable bonds is 4. The van der Waals surface area contributed by atoms with E-state index < -0.39 is 23.5 Å². The number of aromatic nitrogens is 5. The number of fused-ring (bicyclic) bond motifs is 1. The summed E-state index contributed by atoms with van der Waals surface area (Å²) in [7, 11) is 0. The van der Waals surface area contributed by atoms with Gasteiger partial charge in [0.1, 0.15) is 10.7 Å². The minimum Gasteiger partial charge on any atom is -0.304 e. The number of nitrogens with one attached hydrogen (secondary N) is 1. The van der Waals surface area contributed by atoms with Gasteiger partial charge < -0.3 is 5.32 Å². The molecule has 0 spiro atoms. The molecule has 7 nitrogen and oxygen atoms in total. The van der Waals surface area contributed by atoms with Gasteiger partial charge in [-0.15, -0.1) is 0 Å². The second kappa shape index (κ2) is 7.86. The maximum atomic E-state index is 13.3. The van der Waals surface area contributed by atoms with Crippen LogP contribution in [0.2, 0.25) is 10.0 Å². The molecule has 4 rings (SSSR count). The van der Waals surface area contributed by atoms with Crippen LogP contribution >= 0.6 is 23.2 Å². The van der Waals surface area contributed by atoms with Gasteiger partial charge >= 0.3 is 6.18 Å². The average Bonchev–Trinajstić information content (AvgIpc) is 3.27. The van der Waals surface area contributed by atoms with Crippen LogP contribution in [0, 0.1) is 6.92 Å². The molecule has 31 heavy (non-hydrogen) atoms. The van der Waals surface area contributed by atoms with Crippen molar-refractivity contribution >= 4 is 40.6 Å². The van der Waals surface area contributed by atoms with Crippen LogP contribution in [0.4, 0.5) is 19.0 Å². The third-order valence-electron chi connectivity index (χ3n) is 4.31. The van der Waals surface area contributed by atoms with Gasteiger partial charge in [-0.3, -0.25) is 9.48 Å². The van der Waals surface area contributed by atoms with Crippen molar-refractivity contribution in [1.82, 2.24) is 24.4 Å². The molecule has 1 aromatic carbocycles. The number of amides is 1. The molecule has 0 saturated heterocycles. The zero-order valence-corrected chi connectivity index (χ0v) is 17.3. The number of halogens is 5. The van der Waals surface area contributed by atoms with E-state index >= 15 is 0 Å². The molecule has 0 atom stereocenters. The van der Waals surface area contributed by atoms with Crippen molar-refractivity contribution in [3.8, 4) is 0 Å². The Morgan fingerprint density at radius 2 is 1.84 bits per heavy atom. The number of aryl methyl sites for hydroxylation is 1. The lowest BCUT2D eigenvalue weighted by Crippen LogP contribution is -2.16. The number of anilines is 1. The first-order valence-electron chi connectivity index (χ1n) is 8.84. The van der Waals surface area contributed by atoms with Crippen LogP contribution in [-0.4, -0.2) is 30.3 Å². The maximum Gasteiger partial charge on any atom is 0.433 e. The lowest BCUT2D eigenvalue weighted by atomic mass is 10.2. The fourth-order valence-electron chi connectivity index (χ4n) is 2.93. The quantitative estimate of drug-likeness (QED) is 0.463. The van der Waals surface area contributed by atoms with Crippen molar-refractivity contribution in [2.75, 3.05) is 5.32 Å². The Kier molecular flexibility index (Phi) is 5.36. The molecular weight excluding hydrogens is 456 g/mol. The molecule has 12 heteroatoms. The highest BCUT2D eigenvalue weighted by molar-refractivity contribution is 6.37. The number of nitrogens with zero attached hydrogens (tertiary/aromatic N) is 5. The second-order valence-electron chi connectivity index (χ2n) is 6.66. The van der Waals surface area contributed by atoms with E-state index in [2.05, 4.69) is 20.5 Å². The van der Waals surface area contributed by atoms with E-state index in [1.54, 1.807) is 29.1 Å². The highest BCUT2D eigenvalue weighted by Crippen LogP contribution is 2.32. The molecule has 0 radical (unpaired) electrons. The molecule has 0 fully saturated rings. The molecule has 1 amide bonds. The van der Waals surface area contributed by atoms with E-state index in [0.29, 0.717) is 16.1 Å². The number of carbonyl (C=O) groups is 1. The summed E-state index contributed by atoms with van der Waals surface area (Å²) < 4.78 is 42.1. The van der Waals surface area contributed by atoms with Crippen molar-refractivity contribution in [3.05, 3.63) is 75.3 Å². The topological polar surface area (TPSA) is 77.1 Å². The number of hydrogen-bond donors (Lipinski definition) is 1. The number of hydrogen-bond acceptors (Lipinski definition) is 4. The minimum atomic E-state index is -4.70. The summed E-state index contributed by atoms with van der Waals surface area (Å²) in [6.07, 6.45) is -3.06. The van der Waals surface area contributed by atoms with Gasteiger partial charge in [0.25, 0.3) is 5.91 Å². The van der Waals surface area contributed by atoms with Crippen LogP contribution < -0.4 is 5.32 Å². The standard InChI is InChI=1S/C19H13Cl2F3N6O/c1-10-8-13(19(22,23)24)30-17(25-10)15(21)16(28-30)18(31)26-14-6-7-29(27-14)9-11-2-4-12(20)5-3-11/h2-8H,9H2,1H3,(H,26,27,31). The zero-order valence-electron chi connectivity index (χ0n) is 15.8. The lowest BCUT2D eigenvalue weighted by molar-refractivity contribution is -0.142. The minimum absolute atomic E-state index is 0.0922. The predicted octanol–water partition coefficient (Wildman–Crippen LogP) is 4.86. The molecule has 1 N–H and O–H groups in total. The van der Waals surface area contributed by atoms with Gasteiger partial charge in [-0.05, 0) is 30.7 Å². The van der Waals surface area contributed by atoms with Crippen LogP contribution in [0.25, 0.3) is 5.65 Å². The molecule has 0 saturated carbocycles. The van der Waals surface area contributed by atoms with Gasteiger partial charge in [0, 0.05) is 23.0 Å². The molecule has 3 heterocycles. The first-order valence-corrected chi connectivity index (χ1v) is 9.60. The van der Waals surface area contributed by atoms with E-state index in [4.69, 9.17) is 23.2 Å². The summed E-state index contributed by atoms with van der Waals surface area (Å²) in [5.41, 5.74) is -0.697. The van der Waals surface area contributed by atoms with Gasteiger partial charge in [0.15, 0.2) is 17.2 Å². The van der Waals surface area contributed by atoms with Gasteiger partial charge in [-0.2, -0.15) is 23.4 Å². The van der Waals surface area contributed by atoms with Crippen molar-refractivity contribution in [3.63, 3.8) is 0 Å². The maximum absolute atomic E-state index is 13.3. The van der Waals surface area contributed by atoms with Crippen LogP contribution in [0.5, 0.6) is 0 Å². The van der Waals surface area contributed by atoms with Crippen molar-refractivity contribution < 1.29 is 18.0 Å². The monoisotopic (exact) mass is 468 g/mol. The molecule has 0 aliphatic carbocycles. The summed E-state index contributed by atoms with van der Waals surface area (Å²) in [4.78, 5) is 16.6. The second-order valence-corrected chi connectivity index (χ2v) is 7.47. The Bertz CT molecular complexity index is 1280. The Balaban J connectivity index is 1.58. The normalized spacial score (nSPS) is 11.8. The summed E-state index contributed by atoms with van der Waals surface area (Å²) in [5, 5.41) is 10.8. The van der Waals surface area contributed by atoms with Crippen LogP contribution in [0.1, 0.15) is 27.4 Å². The highest BCUT2D eigenvalue weighted by atomic mass is 35.5. The predicted molar refractivity (Wildman–Crippen MR) is 108 cm³/mol. The molecule has 3 aromatic heterocycles. The van der Waals surface area contributed by atoms with E-state index in [9.17, 15) is 18.0 Å². The Morgan fingerprint density at radius 1 is 1.13 bits per heavy atom. The molecule has 0 aliphatic heterocycles. The third kappa shape index (κ3) is 4.35. The zero-order chi connectivity index (χ0) is 22.3. The van der Waals surface area contributed by atoms with Crippen LogP contribution in [0.15, 0.2) is 42.6 Å². The van der Waals surface area contributed by atoms with Gasteiger partial charge in [-0.1, -0.05) is 35.3 Å². The van der Waals surface area contributed by atoms with Gasteiger partial charge in [0.05, 0.1) is 6.54 Å². The number of carbonyl (C=O) groups excluding carboxylic acids is 1. The average molecular weight is 469 g/mol. The molecule has 0 bridgehead atoms. The highest BCUT2D eigenvalue weighted by Gasteiger charge is 2.36. The number of alkyl halides is 3. The molecule has 0 aliphatic rings. The van der Waals surface area contributed by atoms with Crippen molar-refractivity contribution in [2.45, 2.75) is 19.6 Å². The van der Waals surface area contributed by atoms with E-state index in [1.807, 2.05) is 12.1 Å². The summed E-state index contributed by atoms with van der Waals surface area (Å²) in [5.74, 6) is -0.620. The first kappa shape index (κ1) is 21.1. The Labute approximate surface area is 183 Å². The van der Waals surface area contributed by atoms with Crippen molar-refractivity contribution in [1.29, 1.82) is 0 Å².